The third-order valence-electron chi connectivity index (χ3n) is 3.15. The molecule has 1 fully saturated rings. The lowest BCUT2D eigenvalue weighted by atomic mass is 10.1. The first-order chi connectivity index (χ1) is 9.13. The van der Waals surface area contributed by atoms with Crippen LogP contribution >= 0.6 is 34.5 Å². The van der Waals surface area contributed by atoms with Crippen molar-refractivity contribution in [2.45, 2.75) is 31.7 Å². The maximum atomic E-state index is 6.03. The van der Waals surface area contributed by atoms with Gasteiger partial charge in [0.1, 0.15) is 5.01 Å². The van der Waals surface area contributed by atoms with E-state index in [0.717, 1.165) is 15.7 Å². The van der Waals surface area contributed by atoms with Gasteiger partial charge in [-0.15, -0.1) is 10.2 Å². The molecule has 1 unspecified atom stereocenters. The van der Waals surface area contributed by atoms with Gasteiger partial charge in [0.2, 0.25) is 5.13 Å². The van der Waals surface area contributed by atoms with Crippen molar-refractivity contribution in [1.29, 1.82) is 0 Å². The maximum Gasteiger partial charge on any atom is 0.206 e. The summed E-state index contributed by atoms with van der Waals surface area (Å²) in [7, 11) is 0. The summed E-state index contributed by atoms with van der Waals surface area (Å²) in [4.78, 5) is 0. The molecular formula is C13H13Cl2N3S. The molecule has 1 saturated carbocycles. The molecule has 1 aromatic carbocycles. The van der Waals surface area contributed by atoms with Gasteiger partial charge in [-0.1, -0.05) is 40.6 Å². The van der Waals surface area contributed by atoms with Crippen LogP contribution in [0, 0.1) is 0 Å². The van der Waals surface area contributed by atoms with Crippen molar-refractivity contribution in [3.05, 3.63) is 38.8 Å². The van der Waals surface area contributed by atoms with Crippen molar-refractivity contribution in [2.24, 2.45) is 0 Å². The van der Waals surface area contributed by atoms with E-state index < -0.39 is 0 Å². The smallest absolute Gasteiger partial charge is 0.206 e. The molecule has 2 aromatic rings. The molecule has 0 aliphatic heterocycles. The lowest BCUT2D eigenvalue weighted by Gasteiger charge is -2.13. The molecule has 1 heterocycles. The molecule has 0 bridgehead atoms. The number of nitrogens with zero attached hydrogens (tertiary/aromatic N) is 2. The van der Waals surface area contributed by atoms with Gasteiger partial charge in [-0.2, -0.15) is 0 Å². The molecule has 1 aliphatic rings. The predicted molar refractivity (Wildman–Crippen MR) is 80.4 cm³/mol. The van der Waals surface area contributed by atoms with E-state index in [1.54, 1.807) is 11.3 Å². The fourth-order valence-corrected chi connectivity index (χ4v) is 3.14. The second-order valence-electron chi connectivity index (χ2n) is 4.76. The van der Waals surface area contributed by atoms with Crippen LogP contribution in [0.2, 0.25) is 10.0 Å². The van der Waals surface area contributed by atoms with Crippen LogP contribution in [0.1, 0.15) is 42.3 Å². The van der Waals surface area contributed by atoms with E-state index in [0.29, 0.717) is 16.0 Å². The zero-order chi connectivity index (χ0) is 13.4. The normalized spacial score (nSPS) is 16.4. The Labute approximate surface area is 126 Å². The van der Waals surface area contributed by atoms with Gasteiger partial charge in [0.05, 0.1) is 16.1 Å². The average molecular weight is 314 g/mol. The number of benzene rings is 1. The Bertz CT molecular complexity index is 595. The highest BCUT2D eigenvalue weighted by atomic mass is 35.5. The van der Waals surface area contributed by atoms with Gasteiger partial charge in [0.25, 0.3) is 0 Å². The van der Waals surface area contributed by atoms with E-state index >= 15 is 0 Å². The van der Waals surface area contributed by atoms with Crippen molar-refractivity contribution in [3.63, 3.8) is 0 Å². The van der Waals surface area contributed by atoms with E-state index in [-0.39, 0.29) is 6.04 Å². The fourth-order valence-electron chi connectivity index (χ4n) is 1.84. The molecule has 0 radical (unpaired) electrons. The first-order valence-electron chi connectivity index (χ1n) is 6.18. The van der Waals surface area contributed by atoms with E-state index in [4.69, 9.17) is 23.2 Å². The molecule has 0 saturated heterocycles. The predicted octanol–water partition coefficient (Wildman–Crippen LogP) is 4.90. The summed E-state index contributed by atoms with van der Waals surface area (Å²) in [6.45, 7) is 2.07. The van der Waals surface area contributed by atoms with Crippen LogP contribution in [-0.4, -0.2) is 10.2 Å². The zero-order valence-corrected chi connectivity index (χ0v) is 12.7. The van der Waals surface area contributed by atoms with Crippen molar-refractivity contribution < 1.29 is 0 Å². The summed E-state index contributed by atoms with van der Waals surface area (Å²) in [5, 5.41) is 14.9. The summed E-state index contributed by atoms with van der Waals surface area (Å²) in [6, 6.07) is 5.78. The Kier molecular flexibility index (Phi) is 3.65. The molecule has 6 heteroatoms. The monoisotopic (exact) mass is 313 g/mol. The molecule has 1 aromatic heterocycles. The second-order valence-corrected chi connectivity index (χ2v) is 6.58. The van der Waals surface area contributed by atoms with Gasteiger partial charge in [0.15, 0.2) is 0 Å². The minimum Gasteiger partial charge on any atom is -0.354 e. The lowest BCUT2D eigenvalue weighted by Crippen LogP contribution is -2.06. The highest BCUT2D eigenvalue weighted by Crippen LogP contribution is 2.42. The summed E-state index contributed by atoms with van der Waals surface area (Å²) < 4.78 is 0. The Morgan fingerprint density at radius 2 is 2.05 bits per heavy atom. The SMILES string of the molecule is CC(Nc1nnc(C2CC2)s1)c1ccc(Cl)c(Cl)c1. The standard InChI is InChI=1S/C13H13Cl2N3S/c1-7(9-4-5-10(14)11(15)6-9)16-13-18-17-12(19-13)8-2-3-8/h4-8H,2-3H2,1H3,(H,16,18). The van der Waals surface area contributed by atoms with Gasteiger partial charge >= 0.3 is 0 Å². The number of nitrogens with one attached hydrogen (secondary N) is 1. The van der Waals surface area contributed by atoms with Crippen molar-refractivity contribution in [2.75, 3.05) is 5.32 Å². The Morgan fingerprint density at radius 3 is 2.74 bits per heavy atom. The number of anilines is 1. The molecule has 1 aliphatic carbocycles. The van der Waals surface area contributed by atoms with E-state index in [1.807, 2.05) is 18.2 Å². The minimum atomic E-state index is 0.120. The molecule has 0 amide bonds. The van der Waals surface area contributed by atoms with Crippen molar-refractivity contribution in [1.82, 2.24) is 10.2 Å². The van der Waals surface area contributed by atoms with E-state index in [1.165, 1.54) is 12.8 Å². The van der Waals surface area contributed by atoms with Gasteiger partial charge < -0.3 is 5.32 Å². The maximum absolute atomic E-state index is 6.03. The van der Waals surface area contributed by atoms with Crippen molar-refractivity contribution >= 4 is 39.7 Å². The molecule has 1 N–H and O–H groups in total. The topological polar surface area (TPSA) is 37.8 Å². The van der Waals surface area contributed by atoms with Gasteiger partial charge in [-0.25, -0.2) is 0 Å². The molecule has 1 atom stereocenters. The second kappa shape index (κ2) is 5.27. The highest BCUT2D eigenvalue weighted by Gasteiger charge is 2.27. The van der Waals surface area contributed by atoms with Crippen LogP contribution in [0.15, 0.2) is 18.2 Å². The van der Waals surface area contributed by atoms with E-state index in [9.17, 15) is 0 Å². The third kappa shape index (κ3) is 3.02. The summed E-state index contributed by atoms with van der Waals surface area (Å²) >= 11 is 13.6. The number of hydrogen-bond acceptors (Lipinski definition) is 4. The number of halogens is 2. The van der Waals surface area contributed by atoms with Crippen LogP contribution in [0.3, 0.4) is 0 Å². The van der Waals surface area contributed by atoms with Crippen LogP contribution in [0.25, 0.3) is 0 Å². The number of rotatable bonds is 4. The third-order valence-corrected chi connectivity index (χ3v) is 4.91. The minimum absolute atomic E-state index is 0.120. The quantitative estimate of drug-likeness (QED) is 0.872. The molecule has 19 heavy (non-hydrogen) atoms. The molecule has 3 nitrogen and oxygen atoms in total. The number of aromatic nitrogens is 2. The van der Waals surface area contributed by atoms with Crippen LogP contribution in [0.4, 0.5) is 5.13 Å². The van der Waals surface area contributed by atoms with Crippen molar-refractivity contribution in [3.8, 4) is 0 Å². The fraction of sp³-hybridized carbons (Fsp3) is 0.385. The van der Waals surface area contributed by atoms with Crippen LogP contribution in [-0.2, 0) is 0 Å². The molecular weight excluding hydrogens is 301 g/mol. The van der Waals surface area contributed by atoms with Gasteiger partial charge in [-0.3, -0.25) is 0 Å². The molecule has 100 valence electrons. The Morgan fingerprint density at radius 1 is 1.26 bits per heavy atom. The van der Waals surface area contributed by atoms with Crippen LogP contribution < -0.4 is 5.32 Å². The molecule has 0 spiro atoms. The first-order valence-corrected chi connectivity index (χ1v) is 7.75. The Balaban J connectivity index is 1.72. The Hall–Kier alpha value is -0.840. The zero-order valence-electron chi connectivity index (χ0n) is 10.4. The largest absolute Gasteiger partial charge is 0.354 e. The summed E-state index contributed by atoms with van der Waals surface area (Å²) in [6.07, 6.45) is 2.49. The highest BCUT2D eigenvalue weighted by molar-refractivity contribution is 7.15. The van der Waals surface area contributed by atoms with Gasteiger partial charge in [0, 0.05) is 5.92 Å². The van der Waals surface area contributed by atoms with E-state index in [2.05, 4.69) is 22.4 Å². The molecule has 3 rings (SSSR count). The summed E-state index contributed by atoms with van der Waals surface area (Å²) in [5.41, 5.74) is 1.08. The van der Waals surface area contributed by atoms with Gasteiger partial charge in [-0.05, 0) is 37.5 Å². The lowest BCUT2D eigenvalue weighted by molar-refractivity contribution is 0.870. The summed E-state index contributed by atoms with van der Waals surface area (Å²) in [5.74, 6) is 0.647. The first kappa shape index (κ1) is 13.2. The number of hydrogen-bond donors (Lipinski definition) is 1. The van der Waals surface area contributed by atoms with Crippen LogP contribution in [0.5, 0.6) is 0 Å². The average Bonchev–Trinajstić information content (AvgIpc) is 3.14.